The summed E-state index contributed by atoms with van der Waals surface area (Å²) in [6.07, 6.45) is 4.65. The lowest BCUT2D eigenvalue weighted by atomic mass is 9.92. The Kier molecular flexibility index (Phi) is 4.68. The summed E-state index contributed by atoms with van der Waals surface area (Å²) >= 11 is 1.23. The van der Waals surface area contributed by atoms with E-state index in [1.807, 2.05) is 11.6 Å². The van der Waals surface area contributed by atoms with Crippen molar-refractivity contribution in [3.05, 3.63) is 0 Å². The van der Waals surface area contributed by atoms with E-state index in [1.165, 1.54) is 31.0 Å². The third-order valence-corrected chi connectivity index (χ3v) is 4.36. The molecule has 1 aromatic rings. The fourth-order valence-corrected chi connectivity index (χ4v) is 2.81. The highest BCUT2D eigenvalue weighted by Gasteiger charge is 2.26. The van der Waals surface area contributed by atoms with Crippen LogP contribution in [0.5, 0.6) is 0 Å². The monoisotopic (exact) mass is 284 g/mol. The quantitative estimate of drug-likeness (QED) is 0.771. The van der Waals surface area contributed by atoms with Crippen LogP contribution in [-0.4, -0.2) is 44.7 Å². The summed E-state index contributed by atoms with van der Waals surface area (Å²) in [7, 11) is 2.05. The van der Waals surface area contributed by atoms with Crippen molar-refractivity contribution in [1.29, 1.82) is 0 Å². The van der Waals surface area contributed by atoms with E-state index in [4.69, 9.17) is 5.11 Å². The molecular weight excluding hydrogens is 264 g/mol. The Morgan fingerprint density at radius 2 is 2.26 bits per heavy atom. The summed E-state index contributed by atoms with van der Waals surface area (Å²) in [5.74, 6) is 0.0546. The first-order chi connectivity index (χ1) is 9.13. The molecule has 0 bridgehead atoms. The first-order valence-electron chi connectivity index (χ1n) is 6.64. The molecule has 1 aliphatic carbocycles. The van der Waals surface area contributed by atoms with Crippen LogP contribution in [-0.2, 0) is 11.3 Å². The van der Waals surface area contributed by atoms with Gasteiger partial charge in [-0.25, -0.2) is 0 Å². The highest BCUT2D eigenvalue weighted by molar-refractivity contribution is 7.99. The zero-order chi connectivity index (χ0) is 13.8. The van der Waals surface area contributed by atoms with E-state index >= 15 is 0 Å². The molecule has 19 heavy (non-hydrogen) atoms. The largest absolute Gasteiger partial charge is 0.481 e. The summed E-state index contributed by atoms with van der Waals surface area (Å²) in [5, 5.41) is 17.8. The highest BCUT2D eigenvalue weighted by Crippen LogP contribution is 2.29. The van der Waals surface area contributed by atoms with Gasteiger partial charge in [-0.05, 0) is 25.7 Å². The van der Waals surface area contributed by atoms with Gasteiger partial charge in [0.1, 0.15) is 0 Å². The molecule has 2 rings (SSSR count). The number of hydrogen-bond donors (Lipinski definition) is 1. The van der Waals surface area contributed by atoms with Gasteiger partial charge in [-0.15, -0.1) is 10.2 Å². The van der Waals surface area contributed by atoms with Gasteiger partial charge >= 0.3 is 5.97 Å². The average molecular weight is 284 g/mol. The topological polar surface area (TPSA) is 71.2 Å². The molecule has 1 heterocycles. The Balaban J connectivity index is 2.15. The summed E-state index contributed by atoms with van der Waals surface area (Å²) in [6, 6.07) is 0.553. The summed E-state index contributed by atoms with van der Waals surface area (Å²) in [4.78, 5) is 12.8. The Bertz CT molecular complexity index is 445. The van der Waals surface area contributed by atoms with Crippen LogP contribution in [0.1, 0.15) is 32.6 Å². The van der Waals surface area contributed by atoms with Gasteiger partial charge in [0.25, 0.3) is 0 Å². The predicted molar refractivity (Wildman–Crippen MR) is 74.7 cm³/mol. The van der Waals surface area contributed by atoms with Crippen LogP contribution in [0, 0.1) is 0 Å². The third-order valence-electron chi connectivity index (χ3n) is 3.41. The molecule has 0 saturated heterocycles. The second-order valence-electron chi connectivity index (χ2n) is 4.81. The molecule has 1 N–H and O–H groups in total. The minimum absolute atomic E-state index is 0.0228. The lowest BCUT2D eigenvalue weighted by Crippen LogP contribution is -2.38. The van der Waals surface area contributed by atoms with Crippen LogP contribution in [0.3, 0.4) is 0 Å². The molecule has 0 amide bonds. The molecular formula is C12H20N4O2S. The maximum Gasteiger partial charge on any atom is 0.313 e. The molecule has 0 spiro atoms. The van der Waals surface area contributed by atoms with E-state index in [-0.39, 0.29) is 5.75 Å². The Labute approximate surface area is 117 Å². The summed E-state index contributed by atoms with van der Waals surface area (Å²) in [6.45, 7) is 2.92. The Morgan fingerprint density at radius 3 is 2.79 bits per heavy atom. The molecule has 6 nitrogen and oxygen atoms in total. The van der Waals surface area contributed by atoms with Crippen molar-refractivity contribution < 1.29 is 9.90 Å². The van der Waals surface area contributed by atoms with Crippen LogP contribution in [0.25, 0.3) is 0 Å². The fourth-order valence-electron chi connectivity index (χ4n) is 2.13. The summed E-state index contributed by atoms with van der Waals surface area (Å²) in [5.41, 5.74) is 0. The van der Waals surface area contributed by atoms with Crippen molar-refractivity contribution in [2.24, 2.45) is 0 Å². The van der Waals surface area contributed by atoms with E-state index < -0.39 is 5.97 Å². The molecule has 1 aliphatic rings. The zero-order valence-electron chi connectivity index (χ0n) is 11.4. The first kappa shape index (κ1) is 14.2. The molecule has 1 saturated carbocycles. The predicted octanol–water partition coefficient (Wildman–Crippen LogP) is 1.85. The second kappa shape index (κ2) is 6.27. The standard InChI is InChI=1S/C12H20N4O2S/c1-3-7-16-11(15(2)9-5-4-6-9)13-14-12(16)19-8-10(17)18/h9H,3-8H2,1-2H3,(H,17,18). The molecule has 0 aromatic carbocycles. The fraction of sp³-hybridized carbons (Fsp3) is 0.750. The van der Waals surface area contributed by atoms with E-state index in [0.29, 0.717) is 11.2 Å². The van der Waals surface area contributed by atoms with Gasteiger partial charge in [0, 0.05) is 19.6 Å². The lowest BCUT2D eigenvalue weighted by Gasteiger charge is -2.35. The number of carboxylic acids is 1. The highest BCUT2D eigenvalue weighted by atomic mass is 32.2. The number of aliphatic carboxylic acids is 1. The van der Waals surface area contributed by atoms with Crippen molar-refractivity contribution in [2.75, 3.05) is 17.7 Å². The van der Waals surface area contributed by atoms with Gasteiger partial charge in [-0.2, -0.15) is 0 Å². The number of carbonyl (C=O) groups is 1. The van der Waals surface area contributed by atoms with Gasteiger partial charge in [-0.3, -0.25) is 9.36 Å². The van der Waals surface area contributed by atoms with Crippen LogP contribution < -0.4 is 4.90 Å². The Morgan fingerprint density at radius 1 is 1.53 bits per heavy atom. The van der Waals surface area contributed by atoms with Crippen LogP contribution in [0.15, 0.2) is 5.16 Å². The number of anilines is 1. The molecule has 0 radical (unpaired) electrons. The zero-order valence-corrected chi connectivity index (χ0v) is 12.2. The molecule has 1 aromatic heterocycles. The maximum atomic E-state index is 10.7. The smallest absolute Gasteiger partial charge is 0.313 e. The van der Waals surface area contributed by atoms with Crippen molar-refractivity contribution in [3.63, 3.8) is 0 Å². The van der Waals surface area contributed by atoms with Gasteiger partial charge in [0.05, 0.1) is 5.75 Å². The van der Waals surface area contributed by atoms with Gasteiger partial charge in [0.15, 0.2) is 5.16 Å². The number of aromatic nitrogens is 3. The average Bonchev–Trinajstić information content (AvgIpc) is 2.67. The van der Waals surface area contributed by atoms with Crippen LogP contribution >= 0.6 is 11.8 Å². The summed E-state index contributed by atoms with van der Waals surface area (Å²) < 4.78 is 2.03. The van der Waals surface area contributed by atoms with Crippen LogP contribution in [0.4, 0.5) is 5.95 Å². The van der Waals surface area contributed by atoms with E-state index in [1.54, 1.807) is 0 Å². The van der Waals surface area contributed by atoms with Crippen molar-refractivity contribution in [2.45, 2.75) is 50.4 Å². The molecule has 7 heteroatoms. The van der Waals surface area contributed by atoms with Gasteiger partial charge < -0.3 is 10.0 Å². The number of thioether (sulfide) groups is 1. The molecule has 0 aliphatic heterocycles. The Hall–Kier alpha value is -1.24. The van der Waals surface area contributed by atoms with Gasteiger partial charge in [0.2, 0.25) is 5.95 Å². The van der Waals surface area contributed by atoms with E-state index in [0.717, 1.165) is 18.9 Å². The number of carboxylic acid groups (broad SMARTS) is 1. The van der Waals surface area contributed by atoms with Crippen LogP contribution in [0.2, 0.25) is 0 Å². The second-order valence-corrected chi connectivity index (χ2v) is 5.75. The van der Waals surface area contributed by atoms with Crippen molar-refractivity contribution >= 4 is 23.7 Å². The molecule has 1 fully saturated rings. The lowest BCUT2D eigenvalue weighted by molar-refractivity contribution is -0.133. The van der Waals surface area contributed by atoms with Gasteiger partial charge in [-0.1, -0.05) is 18.7 Å². The first-order valence-corrected chi connectivity index (χ1v) is 7.62. The third kappa shape index (κ3) is 3.20. The number of rotatable bonds is 7. The van der Waals surface area contributed by atoms with E-state index in [9.17, 15) is 4.79 Å². The minimum atomic E-state index is -0.829. The molecule has 106 valence electrons. The van der Waals surface area contributed by atoms with E-state index in [2.05, 4.69) is 22.0 Å². The molecule has 0 atom stereocenters. The number of hydrogen-bond acceptors (Lipinski definition) is 5. The molecule has 0 unspecified atom stereocenters. The van der Waals surface area contributed by atoms with Crippen molar-refractivity contribution in [1.82, 2.24) is 14.8 Å². The van der Waals surface area contributed by atoms with Crippen molar-refractivity contribution in [3.8, 4) is 0 Å². The number of nitrogens with zero attached hydrogens (tertiary/aromatic N) is 4. The normalized spacial score (nSPS) is 15.3. The SMILES string of the molecule is CCCn1c(SCC(=O)O)nnc1N(C)C1CCC1. The maximum absolute atomic E-state index is 10.7. The minimum Gasteiger partial charge on any atom is -0.481 e.